The third-order valence-electron chi connectivity index (χ3n) is 3.51. The van der Waals surface area contributed by atoms with Gasteiger partial charge in [-0.3, -0.25) is 4.79 Å². The van der Waals surface area contributed by atoms with Crippen molar-refractivity contribution in [3.05, 3.63) is 23.7 Å². The van der Waals surface area contributed by atoms with Gasteiger partial charge in [0.15, 0.2) is 0 Å². The summed E-state index contributed by atoms with van der Waals surface area (Å²) in [4.78, 5) is 11.0. The Bertz CT molecular complexity index is 367. The summed E-state index contributed by atoms with van der Waals surface area (Å²) < 4.78 is 5.37. The fourth-order valence-electron chi connectivity index (χ4n) is 2.61. The summed E-state index contributed by atoms with van der Waals surface area (Å²) in [7, 11) is 0. The number of rotatable bonds is 2. The molecule has 1 N–H and O–H groups in total. The Kier molecular flexibility index (Phi) is 2.55. The number of hydrogen-bond donors (Lipinski definition) is 1. The first-order valence-corrected chi connectivity index (χ1v) is 5.40. The smallest absolute Gasteiger partial charge is 0.306 e. The Hall–Kier alpha value is -1.25. The number of furan rings is 1. The van der Waals surface area contributed by atoms with Crippen LogP contribution in [0.5, 0.6) is 0 Å². The minimum Gasteiger partial charge on any atom is -0.481 e. The summed E-state index contributed by atoms with van der Waals surface area (Å²) in [6.45, 7) is 3.91. The van der Waals surface area contributed by atoms with Gasteiger partial charge in [-0.25, -0.2) is 0 Å². The number of hydrogen-bond acceptors (Lipinski definition) is 2. The van der Waals surface area contributed by atoms with Crippen LogP contribution in [0.1, 0.15) is 37.5 Å². The van der Waals surface area contributed by atoms with Crippen molar-refractivity contribution in [1.29, 1.82) is 0 Å². The molecule has 3 unspecified atom stereocenters. The van der Waals surface area contributed by atoms with Crippen molar-refractivity contribution >= 4 is 5.97 Å². The first-order chi connectivity index (χ1) is 7.11. The van der Waals surface area contributed by atoms with Crippen LogP contribution in [0.15, 0.2) is 16.7 Å². The zero-order valence-corrected chi connectivity index (χ0v) is 9.06. The summed E-state index contributed by atoms with van der Waals surface area (Å²) in [5.74, 6) is 0.440. The average Bonchev–Trinajstić information content (AvgIpc) is 2.64. The molecule has 1 heterocycles. The number of carboxylic acids is 1. The molecule has 1 aliphatic carbocycles. The van der Waals surface area contributed by atoms with Crippen molar-refractivity contribution in [2.45, 2.75) is 32.6 Å². The molecule has 0 fully saturated rings. The predicted molar refractivity (Wildman–Crippen MR) is 55.7 cm³/mol. The van der Waals surface area contributed by atoms with Crippen molar-refractivity contribution in [3.8, 4) is 0 Å². The third-order valence-corrected chi connectivity index (χ3v) is 3.51. The highest BCUT2D eigenvalue weighted by Gasteiger charge is 2.35. The van der Waals surface area contributed by atoms with Gasteiger partial charge in [0.05, 0.1) is 12.2 Å². The van der Waals surface area contributed by atoms with Gasteiger partial charge in [0.2, 0.25) is 0 Å². The zero-order chi connectivity index (χ0) is 11.0. The van der Waals surface area contributed by atoms with Gasteiger partial charge in [-0.05, 0) is 24.0 Å². The number of aryl methyl sites for hydroxylation is 1. The van der Waals surface area contributed by atoms with Gasteiger partial charge in [-0.1, -0.05) is 13.8 Å². The second kappa shape index (κ2) is 3.72. The molecule has 0 aromatic carbocycles. The molecule has 3 atom stereocenters. The summed E-state index contributed by atoms with van der Waals surface area (Å²) in [6, 6.07) is 1.93. The van der Waals surface area contributed by atoms with Crippen molar-refractivity contribution in [2.24, 2.45) is 11.8 Å². The van der Waals surface area contributed by atoms with Crippen LogP contribution >= 0.6 is 0 Å². The quantitative estimate of drug-likeness (QED) is 0.812. The minimum atomic E-state index is -0.721. The largest absolute Gasteiger partial charge is 0.481 e. The Balaban J connectivity index is 2.35. The Labute approximate surface area is 89.1 Å². The number of aliphatic carboxylic acids is 1. The summed E-state index contributed by atoms with van der Waals surface area (Å²) in [5.41, 5.74) is 1.10. The second-order valence-electron chi connectivity index (χ2n) is 4.47. The van der Waals surface area contributed by atoms with E-state index in [0.717, 1.165) is 24.2 Å². The molecule has 1 aromatic rings. The Morgan fingerprint density at radius 1 is 1.67 bits per heavy atom. The molecule has 0 saturated carbocycles. The summed E-state index contributed by atoms with van der Waals surface area (Å²) in [6.07, 6.45) is 3.62. The normalized spacial score (nSPS) is 27.1. The van der Waals surface area contributed by atoms with E-state index in [1.54, 1.807) is 13.2 Å². The molecule has 0 spiro atoms. The maximum absolute atomic E-state index is 11.0. The summed E-state index contributed by atoms with van der Waals surface area (Å²) in [5, 5.41) is 9.08. The van der Waals surface area contributed by atoms with E-state index in [1.807, 2.05) is 6.07 Å². The van der Waals surface area contributed by atoms with Gasteiger partial charge in [0, 0.05) is 12.3 Å². The molecule has 82 valence electrons. The standard InChI is InChI=1S/C12H16O3/c1-7-3-4-10-9(5-6-15-10)11(7)8(2)12(13)14/h5-8,11H,3-4H2,1-2H3,(H,13,14). The highest BCUT2D eigenvalue weighted by molar-refractivity contribution is 5.71. The van der Waals surface area contributed by atoms with Crippen LogP contribution in [0.25, 0.3) is 0 Å². The van der Waals surface area contributed by atoms with E-state index in [4.69, 9.17) is 9.52 Å². The van der Waals surface area contributed by atoms with E-state index in [1.165, 1.54) is 0 Å². The van der Waals surface area contributed by atoms with E-state index in [9.17, 15) is 4.79 Å². The highest BCUT2D eigenvalue weighted by Crippen LogP contribution is 2.41. The van der Waals surface area contributed by atoms with E-state index >= 15 is 0 Å². The number of carbonyl (C=O) groups is 1. The van der Waals surface area contributed by atoms with Gasteiger partial charge >= 0.3 is 5.97 Å². The van der Waals surface area contributed by atoms with Crippen molar-refractivity contribution in [1.82, 2.24) is 0 Å². The predicted octanol–water partition coefficient (Wildman–Crippen LogP) is 2.67. The molecule has 0 bridgehead atoms. The topological polar surface area (TPSA) is 50.4 Å². The van der Waals surface area contributed by atoms with E-state index in [-0.39, 0.29) is 11.8 Å². The Morgan fingerprint density at radius 3 is 3.07 bits per heavy atom. The lowest BCUT2D eigenvalue weighted by molar-refractivity contribution is -0.142. The van der Waals surface area contributed by atoms with Gasteiger partial charge in [-0.15, -0.1) is 0 Å². The van der Waals surface area contributed by atoms with Crippen molar-refractivity contribution in [3.63, 3.8) is 0 Å². The first-order valence-electron chi connectivity index (χ1n) is 5.40. The van der Waals surface area contributed by atoms with E-state index in [2.05, 4.69) is 6.92 Å². The molecular formula is C12H16O3. The fraction of sp³-hybridized carbons (Fsp3) is 0.583. The third kappa shape index (κ3) is 1.66. The Morgan fingerprint density at radius 2 is 2.40 bits per heavy atom. The van der Waals surface area contributed by atoms with Crippen LogP contribution in [0.3, 0.4) is 0 Å². The molecule has 3 nitrogen and oxygen atoms in total. The highest BCUT2D eigenvalue weighted by atomic mass is 16.4. The SMILES string of the molecule is CC1CCc2occc2C1C(C)C(=O)O. The van der Waals surface area contributed by atoms with Crippen LogP contribution < -0.4 is 0 Å². The van der Waals surface area contributed by atoms with Crippen molar-refractivity contribution < 1.29 is 14.3 Å². The number of fused-ring (bicyclic) bond motifs is 1. The lowest BCUT2D eigenvalue weighted by atomic mass is 9.73. The van der Waals surface area contributed by atoms with Crippen LogP contribution in [0.2, 0.25) is 0 Å². The summed E-state index contributed by atoms with van der Waals surface area (Å²) >= 11 is 0. The molecule has 3 heteroatoms. The fourth-order valence-corrected chi connectivity index (χ4v) is 2.61. The van der Waals surface area contributed by atoms with Crippen LogP contribution in [0.4, 0.5) is 0 Å². The zero-order valence-electron chi connectivity index (χ0n) is 9.06. The molecule has 1 aromatic heterocycles. The van der Waals surface area contributed by atoms with E-state index in [0.29, 0.717) is 5.92 Å². The maximum atomic E-state index is 11.0. The van der Waals surface area contributed by atoms with Gasteiger partial charge in [-0.2, -0.15) is 0 Å². The van der Waals surface area contributed by atoms with Crippen LogP contribution in [0, 0.1) is 11.8 Å². The van der Waals surface area contributed by atoms with Gasteiger partial charge in [0.25, 0.3) is 0 Å². The molecule has 1 aliphatic rings. The van der Waals surface area contributed by atoms with Crippen LogP contribution in [-0.4, -0.2) is 11.1 Å². The van der Waals surface area contributed by atoms with Gasteiger partial charge < -0.3 is 9.52 Å². The maximum Gasteiger partial charge on any atom is 0.306 e. The second-order valence-corrected chi connectivity index (χ2v) is 4.47. The molecule has 0 radical (unpaired) electrons. The average molecular weight is 208 g/mol. The lowest BCUT2D eigenvalue weighted by Gasteiger charge is -2.31. The molecule has 0 amide bonds. The molecule has 0 aliphatic heterocycles. The first kappa shape index (κ1) is 10.3. The number of carboxylic acid groups (broad SMARTS) is 1. The minimum absolute atomic E-state index is 0.102. The molecular weight excluding hydrogens is 192 g/mol. The van der Waals surface area contributed by atoms with Gasteiger partial charge in [0.1, 0.15) is 5.76 Å². The molecule has 15 heavy (non-hydrogen) atoms. The molecule has 2 rings (SSSR count). The molecule has 0 saturated heterocycles. The van der Waals surface area contributed by atoms with E-state index < -0.39 is 5.97 Å². The van der Waals surface area contributed by atoms with Crippen LogP contribution in [-0.2, 0) is 11.2 Å². The monoisotopic (exact) mass is 208 g/mol. The lowest BCUT2D eigenvalue weighted by Crippen LogP contribution is -2.27. The van der Waals surface area contributed by atoms with Crippen molar-refractivity contribution in [2.75, 3.05) is 0 Å².